The van der Waals surface area contributed by atoms with E-state index in [-0.39, 0.29) is 11.3 Å². The molecule has 0 saturated heterocycles. The Kier molecular flexibility index (Phi) is 5.92. The van der Waals surface area contributed by atoms with Gasteiger partial charge in [-0.05, 0) is 12.8 Å². The van der Waals surface area contributed by atoms with Gasteiger partial charge in [0.1, 0.15) is 0 Å². The maximum atomic E-state index is 12.1. The van der Waals surface area contributed by atoms with E-state index in [4.69, 9.17) is 0 Å². The zero-order valence-electron chi connectivity index (χ0n) is 11.3. The van der Waals surface area contributed by atoms with Crippen molar-refractivity contribution in [2.24, 2.45) is 11.3 Å². The van der Waals surface area contributed by atoms with Crippen LogP contribution < -0.4 is 0 Å². The molecule has 0 aromatic rings. The largest absolute Gasteiger partial charge is 0.342 e. The first kappa shape index (κ1) is 14.5. The minimum atomic E-state index is -0.248. The molecule has 0 aliphatic carbocycles. The fourth-order valence-corrected chi connectivity index (χ4v) is 1.69. The van der Waals surface area contributed by atoms with Crippen molar-refractivity contribution >= 4 is 5.91 Å². The predicted octanol–water partition coefficient (Wildman–Crippen LogP) is 3.32. The van der Waals surface area contributed by atoms with Crippen molar-refractivity contribution in [2.75, 3.05) is 13.1 Å². The van der Waals surface area contributed by atoms with Crippen molar-refractivity contribution in [2.45, 2.75) is 54.4 Å². The molecule has 0 bridgehead atoms. The summed E-state index contributed by atoms with van der Waals surface area (Å²) in [5.41, 5.74) is -0.248. The van der Waals surface area contributed by atoms with Gasteiger partial charge in [-0.15, -0.1) is 0 Å². The lowest BCUT2D eigenvalue weighted by molar-refractivity contribution is -0.139. The van der Waals surface area contributed by atoms with Crippen LogP contribution in [0.1, 0.15) is 54.4 Å². The van der Waals surface area contributed by atoms with Gasteiger partial charge in [-0.1, -0.05) is 47.5 Å². The van der Waals surface area contributed by atoms with Crippen LogP contribution in [0.25, 0.3) is 0 Å². The Hall–Kier alpha value is -0.530. The number of hydrogen-bond donors (Lipinski definition) is 0. The highest BCUT2D eigenvalue weighted by atomic mass is 16.2. The predicted molar refractivity (Wildman–Crippen MR) is 65.8 cm³/mol. The molecule has 0 aromatic heterocycles. The Labute approximate surface area is 95.0 Å². The Morgan fingerprint density at radius 3 is 1.87 bits per heavy atom. The van der Waals surface area contributed by atoms with Gasteiger partial charge < -0.3 is 4.90 Å². The van der Waals surface area contributed by atoms with Crippen LogP contribution in [0.4, 0.5) is 0 Å². The van der Waals surface area contributed by atoms with Gasteiger partial charge >= 0.3 is 0 Å². The van der Waals surface area contributed by atoms with E-state index in [2.05, 4.69) is 20.8 Å². The molecule has 2 nitrogen and oxygen atoms in total. The average Bonchev–Trinajstić information content (AvgIpc) is 2.18. The standard InChI is InChI=1S/C13H27NO/c1-7-11(8-2)10-14(9-3)12(15)13(4,5)6/h11H,7-10H2,1-6H3. The van der Waals surface area contributed by atoms with Gasteiger partial charge in [-0.3, -0.25) is 4.79 Å². The first-order valence-electron chi connectivity index (χ1n) is 6.16. The van der Waals surface area contributed by atoms with Crippen molar-refractivity contribution in [1.82, 2.24) is 4.90 Å². The fourth-order valence-electron chi connectivity index (χ4n) is 1.69. The molecule has 0 unspecified atom stereocenters. The normalized spacial score (nSPS) is 11.9. The Balaban J connectivity index is 4.43. The zero-order chi connectivity index (χ0) is 12.1. The van der Waals surface area contributed by atoms with Gasteiger partial charge in [0, 0.05) is 18.5 Å². The highest BCUT2D eigenvalue weighted by molar-refractivity contribution is 5.81. The summed E-state index contributed by atoms with van der Waals surface area (Å²) in [6.07, 6.45) is 2.31. The molecule has 0 rings (SSSR count). The maximum Gasteiger partial charge on any atom is 0.227 e. The van der Waals surface area contributed by atoms with E-state index < -0.39 is 0 Å². The molecule has 0 N–H and O–H groups in total. The summed E-state index contributed by atoms with van der Waals surface area (Å²) in [6, 6.07) is 0. The number of nitrogens with zero attached hydrogens (tertiary/aromatic N) is 1. The molecule has 0 atom stereocenters. The van der Waals surface area contributed by atoms with E-state index in [0.717, 1.165) is 25.9 Å². The van der Waals surface area contributed by atoms with E-state index in [9.17, 15) is 4.79 Å². The summed E-state index contributed by atoms with van der Waals surface area (Å²) >= 11 is 0. The lowest BCUT2D eigenvalue weighted by Gasteiger charge is -2.31. The third-order valence-corrected chi connectivity index (χ3v) is 2.94. The summed E-state index contributed by atoms with van der Waals surface area (Å²) in [5, 5.41) is 0. The van der Waals surface area contributed by atoms with Crippen LogP contribution in [0.5, 0.6) is 0 Å². The average molecular weight is 213 g/mol. The van der Waals surface area contributed by atoms with Gasteiger partial charge in [0.05, 0.1) is 0 Å². The minimum absolute atomic E-state index is 0.248. The summed E-state index contributed by atoms with van der Waals surface area (Å²) < 4.78 is 0. The van der Waals surface area contributed by atoms with Crippen LogP contribution in [-0.2, 0) is 4.79 Å². The summed E-state index contributed by atoms with van der Waals surface area (Å²) in [4.78, 5) is 14.1. The molecule has 90 valence electrons. The summed E-state index contributed by atoms with van der Waals surface area (Å²) in [6.45, 7) is 14.2. The minimum Gasteiger partial charge on any atom is -0.342 e. The smallest absolute Gasteiger partial charge is 0.227 e. The van der Waals surface area contributed by atoms with Crippen LogP contribution in [0.3, 0.4) is 0 Å². The number of rotatable bonds is 5. The van der Waals surface area contributed by atoms with Gasteiger partial charge in [0.25, 0.3) is 0 Å². The maximum absolute atomic E-state index is 12.1. The van der Waals surface area contributed by atoms with Crippen molar-refractivity contribution in [3.8, 4) is 0 Å². The van der Waals surface area contributed by atoms with Crippen LogP contribution in [0.2, 0.25) is 0 Å². The van der Waals surface area contributed by atoms with Crippen molar-refractivity contribution in [1.29, 1.82) is 0 Å². The quantitative estimate of drug-likeness (QED) is 0.686. The van der Waals surface area contributed by atoms with E-state index in [1.54, 1.807) is 0 Å². The third-order valence-electron chi connectivity index (χ3n) is 2.94. The van der Waals surface area contributed by atoms with Crippen molar-refractivity contribution in [3.05, 3.63) is 0 Å². The Bertz CT molecular complexity index is 189. The second-order valence-electron chi connectivity index (χ2n) is 5.28. The number of carbonyl (C=O) groups is 1. The summed E-state index contributed by atoms with van der Waals surface area (Å²) in [5.74, 6) is 0.924. The molecule has 0 saturated carbocycles. The summed E-state index contributed by atoms with van der Waals surface area (Å²) in [7, 11) is 0. The highest BCUT2D eigenvalue weighted by Gasteiger charge is 2.27. The Morgan fingerprint density at radius 1 is 1.13 bits per heavy atom. The molecule has 15 heavy (non-hydrogen) atoms. The van der Waals surface area contributed by atoms with Crippen LogP contribution >= 0.6 is 0 Å². The van der Waals surface area contributed by atoms with Crippen LogP contribution in [0, 0.1) is 11.3 Å². The molecule has 0 aliphatic rings. The number of carbonyl (C=O) groups excluding carboxylic acids is 1. The first-order valence-corrected chi connectivity index (χ1v) is 6.16. The van der Waals surface area contributed by atoms with Crippen LogP contribution in [-0.4, -0.2) is 23.9 Å². The molecular formula is C13H27NO. The monoisotopic (exact) mass is 213 g/mol. The van der Waals surface area contributed by atoms with Gasteiger partial charge in [0.15, 0.2) is 0 Å². The molecule has 0 spiro atoms. The van der Waals surface area contributed by atoms with E-state index in [0.29, 0.717) is 5.92 Å². The highest BCUT2D eigenvalue weighted by Crippen LogP contribution is 2.19. The van der Waals surface area contributed by atoms with E-state index in [1.165, 1.54) is 0 Å². The Morgan fingerprint density at radius 2 is 1.60 bits per heavy atom. The van der Waals surface area contributed by atoms with E-state index >= 15 is 0 Å². The molecule has 0 radical (unpaired) electrons. The van der Waals surface area contributed by atoms with E-state index in [1.807, 2.05) is 25.7 Å². The lowest BCUT2D eigenvalue weighted by Crippen LogP contribution is -2.41. The zero-order valence-corrected chi connectivity index (χ0v) is 11.3. The molecule has 2 heteroatoms. The van der Waals surface area contributed by atoms with Gasteiger partial charge in [-0.25, -0.2) is 0 Å². The molecule has 0 aromatic carbocycles. The third kappa shape index (κ3) is 4.67. The second-order valence-corrected chi connectivity index (χ2v) is 5.28. The van der Waals surface area contributed by atoms with Gasteiger partial charge in [0.2, 0.25) is 5.91 Å². The second kappa shape index (κ2) is 6.14. The number of hydrogen-bond acceptors (Lipinski definition) is 1. The molecular weight excluding hydrogens is 186 g/mol. The molecule has 1 amide bonds. The first-order chi connectivity index (χ1) is 6.86. The van der Waals surface area contributed by atoms with Gasteiger partial charge in [-0.2, -0.15) is 0 Å². The molecule has 0 heterocycles. The number of amides is 1. The molecule has 0 aliphatic heterocycles. The molecule has 0 fully saturated rings. The lowest BCUT2D eigenvalue weighted by atomic mass is 9.93. The van der Waals surface area contributed by atoms with Crippen molar-refractivity contribution in [3.63, 3.8) is 0 Å². The van der Waals surface area contributed by atoms with Crippen LogP contribution in [0.15, 0.2) is 0 Å². The fraction of sp³-hybridized carbons (Fsp3) is 0.923. The topological polar surface area (TPSA) is 20.3 Å². The van der Waals surface area contributed by atoms with Crippen molar-refractivity contribution < 1.29 is 4.79 Å². The SMILES string of the molecule is CCC(CC)CN(CC)C(=O)C(C)(C)C.